The molecule has 1 aliphatic rings. The Labute approximate surface area is 209 Å². The van der Waals surface area contributed by atoms with Crippen molar-refractivity contribution in [2.45, 2.75) is 52.6 Å². The molecule has 1 atom stereocenters. The van der Waals surface area contributed by atoms with Crippen LogP contribution in [0.2, 0.25) is 0 Å². The molecule has 3 heterocycles. The molecular formula is C28H29N5O3. The quantitative estimate of drug-likeness (QED) is 0.440. The third-order valence-corrected chi connectivity index (χ3v) is 7.08. The number of fused-ring (bicyclic) bond motifs is 2. The maximum Gasteiger partial charge on any atom is 0.304 e. The summed E-state index contributed by atoms with van der Waals surface area (Å²) in [6.45, 7) is 7.68. The zero-order chi connectivity index (χ0) is 25.4. The number of hydrogen-bond acceptors (Lipinski definition) is 5. The summed E-state index contributed by atoms with van der Waals surface area (Å²) >= 11 is 0. The molecule has 0 saturated carbocycles. The number of benzene rings is 2. The first kappa shape index (κ1) is 23.7. The van der Waals surface area contributed by atoms with E-state index in [4.69, 9.17) is 0 Å². The summed E-state index contributed by atoms with van der Waals surface area (Å²) in [5.41, 5.74) is 8.02. The molecule has 1 N–H and O–H groups in total. The molecule has 1 unspecified atom stereocenters. The normalized spacial score (nSPS) is 14.0. The molecule has 8 nitrogen and oxygen atoms in total. The van der Waals surface area contributed by atoms with Gasteiger partial charge in [0.2, 0.25) is 0 Å². The molecule has 1 amide bonds. The highest BCUT2D eigenvalue weighted by atomic mass is 16.4. The molecule has 0 saturated heterocycles. The van der Waals surface area contributed by atoms with Gasteiger partial charge in [0.25, 0.3) is 5.91 Å². The number of carbonyl (C=O) groups is 2. The van der Waals surface area contributed by atoms with Gasteiger partial charge in [0, 0.05) is 31.2 Å². The lowest BCUT2D eigenvalue weighted by Crippen LogP contribution is -2.36. The molecular weight excluding hydrogens is 454 g/mol. The molecule has 0 spiro atoms. The lowest BCUT2D eigenvalue weighted by molar-refractivity contribution is -0.137. The number of rotatable bonds is 6. The van der Waals surface area contributed by atoms with Crippen LogP contribution in [0.3, 0.4) is 0 Å². The molecule has 0 radical (unpaired) electrons. The minimum Gasteiger partial charge on any atom is -0.481 e. The SMILES string of the molecule is CCn1nnc2c(C)c(C(CC(=O)O)c3ccc4c(c3)CN(C(=O)c3cccc(C)n3)CC4)ccc21. The summed E-state index contributed by atoms with van der Waals surface area (Å²) in [6, 6.07) is 15.6. The fourth-order valence-electron chi connectivity index (χ4n) is 5.17. The number of amides is 1. The van der Waals surface area contributed by atoms with Crippen molar-refractivity contribution in [3.8, 4) is 0 Å². The predicted molar refractivity (Wildman–Crippen MR) is 136 cm³/mol. The molecule has 36 heavy (non-hydrogen) atoms. The van der Waals surface area contributed by atoms with E-state index in [0.29, 0.717) is 25.3 Å². The predicted octanol–water partition coefficient (Wildman–Crippen LogP) is 4.27. The second-order valence-electron chi connectivity index (χ2n) is 9.37. The van der Waals surface area contributed by atoms with Crippen LogP contribution in [-0.2, 0) is 24.3 Å². The lowest BCUT2D eigenvalue weighted by atomic mass is 9.83. The number of carbonyl (C=O) groups excluding carboxylic acids is 1. The van der Waals surface area contributed by atoms with Crippen LogP contribution in [0.1, 0.15) is 63.3 Å². The molecule has 4 aromatic rings. The van der Waals surface area contributed by atoms with Crippen LogP contribution < -0.4 is 0 Å². The fourth-order valence-corrected chi connectivity index (χ4v) is 5.17. The lowest BCUT2D eigenvalue weighted by Gasteiger charge is -2.30. The Morgan fingerprint density at radius 1 is 1.08 bits per heavy atom. The molecule has 5 rings (SSSR count). The van der Waals surface area contributed by atoms with Gasteiger partial charge in [-0.25, -0.2) is 9.67 Å². The summed E-state index contributed by atoms with van der Waals surface area (Å²) in [6.07, 6.45) is 0.713. The summed E-state index contributed by atoms with van der Waals surface area (Å²) in [5.74, 6) is -1.29. The van der Waals surface area contributed by atoms with E-state index in [9.17, 15) is 14.7 Å². The largest absolute Gasteiger partial charge is 0.481 e. The maximum absolute atomic E-state index is 13.1. The van der Waals surface area contributed by atoms with Crippen molar-refractivity contribution < 1.29 is 14.7 Å². The molecule has 8 heteroatoms. The maximum atomic E-state index is 13.1. The first-order valence-electron chi connectivity index (χ1n) is 12.2. The van der Waals surface area contributed by atoms with Crippen LogP contribution in [0, 0.1) is 13.8 Å². The van der Waals surface area contributed by atoms with Gasteiger partial charge in [0.15, 0.2) is 0 Å². The minimum atomic E-state index is -0.864. The smallest absolute Gasteiger partial charge is 0.304 e. The van der Waals surface area contributed by atoms with Gasteiger partial charge in [0.1, 0.15) is 11.2 Å². The molecule has 0 aliphatic carbocycles. The van der Waals surface area contributed by atoms with Crippen molar-refractivity contribution in [2.75, 3.05) is 6.54 Å². The van der Waals surface area contributed by atoms with Crippen molar-refractivity contribution in [1.82, 2.24) is 24.9 Å². The molecule has 1 aliphatic heterocycles. The first-order valence-corrected chi connectivity index (χ1v) is 12.2. The fraction of sp³-hybridized carbons (Fsp3) is 0.321. The topological polar surface area (TPSA) is 101 Å². The highest BCUT2D eigenvalue weighted by Gasteiger charge is 2.26. The Kier molecular flexibility index (Phi) is 6.26. The summed E-state index contributed by atoms with van der Waals surface area (Å²) < 4.78 is 1.84. The van der Waals surface area contributed by atoms with Gasteiger partial charge in [0.05, 0.1) is 11.9 Å². The number of carboxylic acids is 1. The van der Waals surface area contributed by atoms with Gasteiger partial charge in [-0.2, -0.15) is 0 Å². The molecule has 2 aromatic carbocycles. The van der Waals surface area contributed by atoms with Gasteiger partial charge in [-0.1, -0.05) is 35.5 Å². The average Bonchev–Trinajstić information content (AvgIpc) is 3.30. The Morgan fingerprint density at radius 3 is 2.67 bits per heavy atom. The van der Waals surface area contributed by atoms with E-state index in [1.165, 1.54) is 5.56 Å². The van der Waals surface area contributed by atoms with Crippen LogP contribution in [-0.4, -0.2) is 48.4 Å². The van der Waals surface area contributed by atoms with Gasteiger partial charge >= 0.3 is 5.97 Å². The van der Waals surface area contributed by atoms with Crippen LogP contribution >= 0.6 is 0 Å². The van der Waals surface area contributed by atoms with E-state index < -0.39 is 5.97 Å². The van der Waals surface area contributed by atoms with Gasteiger partial charge in [-0.3, -0.25) is 9.59 Å². The standard InChI is InChI=1S/C28H29N5O3/c1-4-33-25-11-10-22(18(3)27(25)30-31-33)23(15-26(34)35)20-9-8-19-12-13-32(16-21(19)14-20)28(36)24-7-5-6-17(2)29-24/h5-11,14,23H,4,12-13,15-16H2,1-3H3,(H,34,35). The number of aryl methyl sites for hydroxylation is 3. The Bertz CT molecular complexity index is 1480. The summed E-state index contributed by atoms with van der Waals surface area (Å²) in [5, 5.41) is 18.3. The highest BCUT2D eigenvalue weighted by molar-refractivity contribution is 5.92. The number of hydrogen-bond donors (Lipinski definition) is 1. The molecule has 0 bridgehead atoms. The Balaban J connectivity index is 1.50. The number of nitrogens with zero attached hydrogens (tertiary/aromatic N) is 5. The summed E-state index contributed by atoms with van der Waals surface area (Å²) in [4.78, 5) is 31.2. The number of carboxylic acid groups (broad SMARTS) is 1. The zero-order valence-corrected chi connectivity index (χ0v) is 20.7. The van der Waals surface area contributed by atoms with Gasteiger partial charge in [-0.05, 0) is 73.2 Å². The van der Waals surface area contributed by atoms with Crippen molar-refractivity contribution in [2.24, 2.45) is 0 Å². The number of aliphatic carboxylic acids is 1. The highest BCUT2D eigenvalue weighted by Crippen LogP contribution is 2.35. The second kappa shape index (κ2) is 9.53. The van der Waals surface area contributed by atoms with Gasteiger partial charge in [-0.15, -0.1) is 5.10 Å². The van der Waals surface area contributed by atoms with E-state index in [1.54, 1.807) is 6.07 Å². The molecule has 184 valence electrons. The third-order valence-electron chi connectivity index (χ3n) is 7.08. The first-order chi connectivity index (χ1) is 17.4. The monoisotopic (exact) mass is 483 g/mol. The van der Waals surface area contributed by atoms with Gasteiger partial charge < -0.3 is 10.0 Å². The second-order valence-corrected chi connectivity index (χ2v) is 9.37. The van der Waals surface area contributed by atoms with Crippen molar-refractivity contribution >= 4 is 22.9 Å². The van der Waals surface area contributed by atoms with Crippen LogP contribution in [0.4, 0.5) is 0 Å². The van der Waals surface area contributed by atoms with E-state index in [-0.39, 0.29) is 18.2 Å². The zero-order valence-electron chi connectivity index (χ0n) is 20.7. The Hall–Kier alpha value is -4.07. The third kappa shape index (κ3) is 4.34. The van der Waals surface area contributed by atoms with Crippen molar-refractivity contribution in [3.63, 3.8) is 0 Å². The summed E-state index contributed by atoms with van der Waals surface area (Å²) in [7, 11) is 0. The molecule has 0 fully saturated rings. The number of aromatic nitrogens is 4. The molecule has 2 aromatic heterocycles. The minimum absolute atomic E-state index is 0.0388. The van der Waals surface area contributed by atoms with Crippen molar-refractivity contribution in [1.29, 1.82) is 0 Å². The number of pyridine rings is 1. The van der Waals surface area contributed by atoms with E-state index in [2.05, 4.69) is 27.4 Å². The van der Waals surface area contributed by atoms with E-state index in [0.717, 1.165) is 45.4 Å². The van der Waals surface area contributed by atoms with E-state index >= 15 is 0 Å². The van der Waals surface area contributed by atoms with Crippen molar-refractivity contribution in [3.05, 3.63) is 87.7 Å². The van der Waals surface area contributed by atoms with E-state index in [1.807, 2.05) is 60.7 Å². The van der Waals surface area contributed by atoms with Crippen LogP contribution in [0.15, 0.2) is 48.5 Å². The van der Waals surface area contributed by atoms with Crippen LogP contribution in [0.5, 0.6) is 0 Å². The Morgan fingerprint density at radius 2 is 1.92 bits per heavy atom. The van der Waals surface area contributed by atoms with Crippen LogP contribution in [0.25, 0.3) is 11.0 Å². The average molecular weight is 484 g/mol.